The van der Waals surface area contributed by atoms with Gasteiger partial charge in [0.1, 0.15) is 5.75 Å². The summed E-state index contributed by atoms with van der Waals surface area (Å²) < 4.78 is 6.21. The van der Waals surface area contributed by atoms with Crippen LogP contribution in [-0.4, -0.2) is 30.3 Å². The predicted octanol–water partition coefficient (Wildman–Crippen LogP) is 2.15. The van der Waals surface area contributed by atoms with E-state index in [9.17, 15) is 9.90 Å². The summed E-state index contributed by atoms with van der Waals surface area (Å²) in [5, 5.41) is 12.3. The van der Waals surface area contributed by atoms with E-state index in [2.05, 4.69) is 27.9 Å². The monoisotopic (exact) mass is 349 g/mol. The van der Waals surface area contributed by atoms with Gasteiger partial charge in [0.25, 0.3) is 5.91 Å². The van der Waals surface area contributed by atoms with Gasteiger partial charge in [-0.15, -0.1) is 0 Å². The summed E-state index contributed by atoms with van der Waals surface area (Å²) in [7, 11) is 0. The molecule has 1 amide bonds. The Morgan fingerprint density at radius 3 is 2.94 bits per heavy atom. The van der Waals surface area contributed by atoms with Gasteiger partial charge in [-0.2, -0.15) is 0 Å². The molecule has 0 radical (unpaired) electrons. The number of hydrogen-bond acceptors (Lipinski definition) is 3. The number of halogens is 1. The Morgan fingerprint density at radius 2 is 2.29 bits per heavy atom. The Bertz CT molecular complexity index is 395. The van der Waals surface area contributed by atoms with Gasteiger partial charge in [0, 0.05) is 16.7 Å². The van der Waals surface area contributed by atoms with E-state index in [1.165, 1.54) is 6.07 Å². The quantitative estimate of drug-likeness (QED) is 0.801. The van der Waals surface area contributed by atoms with Crippen molar-refractivity contribution in [3.8, 4) is 5.75 Å². The van der Waals surface area contributed by atoms with Gasteiger partial charge in [-0.05, 0) is 54.6 Å². The second kappa shape index (κ2) is 6.80. The van der Waals surface area contributed by atoms with Gasteiger partial charge in [-0.25, -0.2) is 0 Å². The lowest BCUT2D eigenvalue weighted by Gasteiger charge is -2.13. The van der Waals surface area contributed by atoms with Crippen LogP contribution in [0.4, 0.5) is 0 Å². The minimum absolute atomic E-state index is 0.00743. The summed E-state index contributed by atoms with van der Waals surface area (Å²) in [6.07, 6.45) is -0.0334. The molecule has 94 valence electrons. The molecular formula is C12H16INO3. The summed E-state index contributed by atoms with van der Waals surface area (Å²) >= 11 is 2.09. The molecular weight excluding hydrogens is 333 g/mol. The molecule has 0 bridgehead atoms. The first-order valence-electron chi connectivity index (χ1n) is 5.43. The molecule has 1 rings (SSSR count). The second-order valence-corrected chi connectivity index (χ2v) is 4.88. The number of ether oxygens (including phenoxy) is 1. The van der Waals surface area contributed by atoms with Gasteiger partial charge < -0.3 is 15.2 Å². The van der Waals surface area contributed by atoms with Crippen molar-refractivity contribution >= 4 is 28.5 Å². The van der Waals surface area contributed by atoms with Crippen molar-refractivity contribution in [2.75, 3.05) is 13.2 Å². The van der Waals surface area contributed by atoms with Crippen LogP contribution < -0.4 is 5.32 Å². The molecule has 17 heavy (non-hydrogen) atoms. The molecule has 1 unspecified atom stereocenters. The number of phenols is 1. The second-order valence-electron chi connectivity index (χ2n) is 3.64. The number of hydrogen-bond donors (Lipinski definition) is 2. The van der Waals surface area contributed by atoms with Crippen LogP contribution in [-0.2, 0) is 4.74 Å². The van der Waals surface area contributed by atoms with E-state index in [1.54, 1.807) is 12.1 Å². The van der Waals surface area contributed by atoms with Gasteiger partial charge >= 0.3 is 0 Å². The van der Waals surface area contributed by atoms with Crippen LogP contribution in [0.5, 0.6) is 5.75 Å². The SMILES string of the molecule is CCOC(C)CNC(=O)c1cc(I)ccc1O. The molecule has 1 aromatic carbocycles. The van der Waals surface area contributed by atoms with Gasteiger partial charge in [0.2, 0.25) is 0 Å². The summed E-state index contributed by atoms with van der Waals surface area (Å²) in [6, 6.07) is 4.91. The van der Waals surface area contributed by atoms with E-state index < -0.39 is 0 Å². The highest BCUT2D eigenvalue weighted by Crippen LogP contribution is 2.19. The molecule has 0 spiro atoms. The highest BCUT2D eigenvalue weighted by atomic mass is 127. The first-order chi connectivity index (χ1) is 8.04. The number of aromatic hydroxyl groups is 1. The molecule has 0 aliphatic rings. The zero-order chi connectivity index (χ0) is 12.8. The van der Waals surface area contributed by atoms with Crippen molar-refractivity contribution < 1.29 is 14.6 Å². The topological polar surface area (TPSA) is 58.6 Å². The van der Waals surface area contributed by atoms with Crippen molar-refractivity contribution in [1.29, 1.82) is 0 Å². The Balaban J connectivity index is 2.61. The van der Waals surface area contributed by atoms with E-state index in [1.807, 2.05) is 13.8 Å². The summed E-state index contributed by atoms with van der Waals surface area (Å²) in [6.45, 7) is 4.84. The zero-order valence-corrected chi connectivity index (χ0v) is 12.0. The fraction of sp³-hybridized carbons (Fsp3) is 0.417. The van der Waals surface area contributed by atoms with Gasteiger partial charge in [0.05, 0.1) is 11.7 Å². The number of carbonyl (C=O) groups is 1. The van der Waals surface area contributed by atoms with E-state index in [0.717, 1.165) is 3.57 Å². The van der Waals surface area contributed by atoms with Crippen LogP contribution in [0.1, 0.15) is 24.2 Å². The number of carbonyl (C=O) groups excluding carboxylic acids is 1. The number of amides is 1. The molecule has 0 saturated carbocycles. The first kappa shape index (κ1) is 14.2. The van der Waals surface area contributed by atoms with E-state index in [4.69, 9.17) is 4.74 Å². The molecule has 0 aliphatic heterocycles. The van der Waals surface area contributed by atoms with Crippen molar-refractivity contribution in [3.63, 3.8) is 0 Å². The lowest BCUT2D eigenvalue weighted by molar-refractivity contribution is 0.0694. The van der Waals surface area contributed by atoms with Crippen molar-refractivity contribution in [3.05, 3.63) is 27.3 Å². The van der Waals surface area contributed by atoms with Crippen molar-refractivity contribution in [2.24, 2.45) is 0 Å². The molecule has 0 heterocycles. The van der Waals surface area contributed by atoms with Crippen LogP contribution in [0.3, 0.4) is 0 Å². The minimum atomic E-state index is -0.285. The Labute approximate surface area is 115 Å². The van der Waals surface area contributed by atoms with E-state index in [-0.39, 0.29) is 17.8 Å². The normalized spacial score (nSPS) is 12.2. The lowest BCUT2D eigenvalue weighted by atomic mass is 10.2. The standard InChI is InChI=1S/C12H16INO3/c1-3-17-8(2)7-14-12(16)10-6-9(13)4-5-11(10)15/h4-6,8,15H,3,7H2,1-2H3,(H,14,16). The highest BCUT2D eigenvalue weighted by Gasteiger charge is 2.12. The average molecular weight is 349 g/mol. The molecule has 1 aromatic rings. The van der Waals surface area contributed by atoms with Crippen molar-refractivity contribution in [1.82, 2.24) is 5.32 Å². The highest BCUT2D eigenvalue weighted by molar-refractivity contribution is 14.1. The van der Waals surface area contributed by atoms with Gasteiger partial charge in [-0.3, -0.25) is 4.79 Å². The number of phenolic OH excluding ortho intramolecular Hbond substituents is 1. The van der Waals surface area contributed by atoms with Crippen LogP contribution in [0.2, 0.25) is 0 Å². The van der Waals surface area contributed by atoms with Gasteiger partial charge in [-0.1, -0.05) is 0 Å². The summed E-state index contributed by atoms with van der Waals surface area (Å²) in [4.78, 5) is 11.8. The van der Waals surface area contributed by atoms with Crippen LogP contribution >= 0.6 is 22.6 Å². The molecule has 5 heteroatoms. The molecule has 0 fully saturated rings. The Kier molecular flexibility index (Phi) is 5.70. The molecule has 4 nitrogen and oxygen atoms in total. The fourth-order valence-electron chi connectivity index (χ4n) is 1.37. The smallest absolute Gasteiger partial charge is 0.255 e. The maximum absolute atomic E-state index is 11.8. The van der Waals surface area contributed by atoms with Crippen molar-refractivity contribution in [2.45, 2.75) is 20.0 Å². The summed E-state index contributed by atoms with van der Waals surface area (Å²) in [5.74, 6) is -0.292. The fourth-order valence-corrected chi connectivity index (χ4v) is 1.86. The zero-order valence-electron chi connectivity index (χ0n) is 9.87. The molecule has 0 saturated heterocycles. The molecule has 0 aromatic heterocycles. The van der Waals surface area contributed by atoms with Gasteiger partial charge in [0.15, 0.2) is 0 Å². The first-order valence-corrected chi connectivity index (χ1v) is 6.50. The third-order valence-corrected chi connectivity index (χ3v) is 2.88. The largest absolute Gasteiger partial charge is 0.507 e. The third kappa shape index (κ3) is 4.51. The average Bonchev–Trinajstić information content (AvgIpc) is 2.29. The van der Waals surface area contributed by atoms with Crippen LogP contribution in [0, 0.1) is 3.57 Å². The third-order valence-electron chi connectivity index (χ3n) is 2.20. The van der Waals surface area contributed by atoms with Crippen LogP contribution in [0.25, 0.3) is 0 Å². The summed E-state index contributed by atoms with van der Waals surface area (Å²) in [5.41, 5.74) is 0.292. The van der Waals surface area contributed by atoms with E-state index >= 15 is 0 Å². The predicted molar refractivity (Wildman–Crippen MR) is 74.2 cm³/mol. The molecule has 0 aliphatic carbocycles. The number of benzene rings is 1. The lowest BCUT2D eigenvalue weighted by Crippen LogP contribution is -2.32. The maximum Gasteiger partial charge on any atom is 0.255 e. The van der Waals surface area contributed by atoms with E-state index in [0.29, 0.717) is 18.7 Å². The maximum atomic E-state index is 11.8. The Morgan fingerprint density at radius 1 is 1.59 bits per heavy atom. The molecule has 2 N–H and O–H groups in total. The minimum Gasteiger partial charge on any atom is -0.507 e. The number of nitrogens with one attached hydrogen (secondary N) is 1. The molecule has 1 atom stereocenters. The Hall–Kier alpha value is -0.820. The number of rotatable bonds is 5. The van der Waals surface area contributed by atoms with Crippen LogP contribution in [0.15, 0.2) is 18.2 Å².